The number of rotatable bonds is 10. The van der Waals surface area contributed by atoms with Crippen LogP contribution in [0.25, 0.3) is 27.7 Å². The second-order valence-corrected chi connectivity index (χ2v) is 9.96. The molecule has 0 spiro atoms. The number of benzene rings is 1. The van der Waals surface area contributed by atoms with Crippen molar-refractivity contribution in [1.82, 2.24) is 9.55 Å². The monoisotopic (exact) mass is 494 g/mol. The number of aliphatic hydroxyl groups is 1. The average molecular weight is 495 g/mol. The van der Waals surface area contributed by atoms with Crippen molar-refractivity contribution in [1.29, 1.82) is 0 Å². The Kier molecular flexibility index (Phi) is 9.91. The molecule has 0 fully saturated rings. The molecule has 0 aliphatic carbocycles. The second kappa shape index (κ2) is 13.1. The molecule has 2 heterocycles. The first kappa shape index (κ1) is 28.0. The third-order valence-electron chi connectivity index (χ3n) is 6.89. The van der Waals surface area contributed by atoms with Gasteiger partial charge in [0.2, 0.25) is 0 Å². The maximum Gasteiger partial charge on any atom is 0.0973 e. The van der Waals surface area contributed by atoms with Gasteiger partial charge in [0.1, 0.15) is 0 Å². The maximum atomic E-state index is 10.6. The molecule has 3 aromatic rings. The lowest BCUT2D eigenvalue weighted by Gasteiger charge is -2.14. The SMILES string of the molecule is CCC/C=C/C=C\C=C(/C)Cn1cc(-c2ccc(C)cc2)c2ncc(C(/C(C)=C(/C)CC)=C(\C)O)cc21. The summed E-state index contributed by atoms with van der Waals surface area (Å²) in [5, 5.41) is 10.6. The minimum absolute atomic E-state index is 0.320. The lowest BCUT2D eigenvalue weighted by atomic mass is 9.94. The molecule has 0 unspecified atom stereocenters. The first-order valence-electron chi connectivity index (χ1n) is 13.4. The van der Waals surface area contributed by atoms with E-state index >= 15 is 0 Å². The molecule has 0 aliphatic heterocycles. The van der Waals surface area contributed by atoms with Crippen molar-refractivity contribution < 1.29 is 5.11 Å². The van der Waals surface area contributed by atoms with E-state index in [4.69, 9.17) is 4.98 Å². The molecule has 0 aliphatic rings. The minimum atomic E-state index is 0.320. The highest BCUT2D eigenvalue weighted by molar-refractivity contribution is 5.95. The van der Waals surface area contributed by atoms with Crippen LogP contribution in [-0.2, 0) is 6.54 Å². The molecule has 37 heavy (non-hydrogen) atoms. The fraction of sp³-hybridized carbons (Fsp3) is 0.324. The Morgan fingerprint density at radius 3 is 2.38 bits per heavy atom. The van der Waals surface area contributed by atoms with E-state index in [0.717, 1.165) is 58.3 Å². The van der Waals surface area contributed by atoms with E-state index in [9.17, 15) is 5.11 Å². The number of hydrogen-bond acceptors (Lipinski definition) is 2. The predicted octanol–water partition coefficient (Wildman–Crippen LogP) is 9.91. The molecule has 3 nitrogen and oxygen atoms in total. The standard InChI is InChI=1S/C34H42N2O/c1-8-10-11-12-13-14-15-25(4)22-36-23-31(29-18-16-24(3)17-19-29)34-32(36)20-30(21-35-34)33(28(7)37)27(6)26(5)9-2/h11-21,23,37H,8-10,22H2,1-7H3/b12-11+,14-13-,25-15+,27-26-,33-28+. The zero-order chi connectivity index (χ0) is 26.9. The Morgan fingerprint density at radius 1 is 1.00 bits per heavy atom. The fourth-order valence-electron chi connectivity index (χ4n) is 4.50. The molecule has 2 aromatic heterocycles. The number of fused-ring (bicyclic) bond motifs is 1. The van der Waals surface area contributed by atoms with E-state index in [1.807, 2.05) is 6.20 Å². The van der Waals surface area contributed by atoms with Gasteiger partial charge in [-0.1, -0.05) is 91.6 Å². The molecular formula is C34H42N2O. The Hall–Kier alpha value is -3.59. The van der Waals surface area contributed by atoms with Crippen LogP contribution in [0.15, 0.2) is 95.6 Å². The number of aromatic nitrogens is 2. The van der Waals surface area contributed by atoms with E-state index in [0.29, 0.717) is 5.76 Å². The number of hydrogen-bond donors (Lipinski definition) is 1. The second-order valence-electron chi connectivity index (χ2n) is 9.96. The van der Waals surface area contributed by atoms with Gasteiger partial charge in [-0.2, -0.15) is 0 Å². The lowest BCUT2D eigenvalue weighted by molar-refractivity contribution is 0.417. The van der Waals surface area contributed by atoms with E-state index < -0.39 is 0 Å². The molecule has 3 heteroatoms. The van der Waals surface area contributed by atoms with E-state index in [1.165, 1.54) is 23.1 Å². The van der Waals surface area contributed by atoms with Gasteiger partial charge in [-0.05, 0) is 64.7 Å². The van der Waals surface area contributed by atoms with Crippen LogP contribution >= 0.6 is 0 Å². The normalized spacial score (nSPS) is 14.1. The summed E-state index contributed by atoms with van der Waals surface area (Å²) in [5.74, 6) is 0.320. The molecule has 0 radical (unpaired) electrons. The number of pyridine rings is 1. The third kappa shape index (κ3) is 7.01. The summed E-state index contributed by atoms with van der Waals surface area (Å²) in [6, 6.07) is 10.8. The van der Waals surface area contributed by atoms with Crippen LogP contribution in [-0.4, -0.2) is 14.7 Å². The molecule has 0 saturated carbocycles. The zero-order valence-electron chi connectivity index (χ0n) is 23.6. The smallest absolute Gasteiger partial charge is 0.0973 e. The van der Waals surface area contributed by atoms with Crippen LogP contribution in [0.2, 0.25) is 0 Å². The Morgan fingerprint density at radius 2 is 1.73 bits per heavy atom. The Balaban J connectivity index is 2.12. The van der Waals surface area contributed by atoms with Gasteiger partial charge in [-0.3, -0.25) is 4.98 Å². The summed E-state index contributed by atoms with van der Waals surface area (Å²) >= 11 is 0. The number of aryl methyl sites for hydroxylation is 1. The van der Waals surface area contributed by atoms with Crippen LogP contribution in [0.1, 0.15) is 71.9 Å². The van der Waals surface area contributed by atoms with E-state index in [2.05, 4.69) is 113 Å². The number of aliphatic hydroxyl groups excluding tert-OH is 1. The van der Waals surface area contributed by atoms with Crippen LogP contribution < -0.4 is 0 Å². The van der Waals surface area contributed by atoms with Gasteiger partial charge < -0.3 is 9.67 Å². The summed E-state index contributed by atoms with van der Waals surface area (Å²) in [4.78, 5) is 4.95. The van der Waals surface area contributed by atoms with Crippen LogP contribution in [0.4, 0.5) is 0 Å². The summed E-state index contributed by atoms with van der Waals surface area (Å²) in [6.45, 7) is 15.3. The van der Waals surface area contributed by atoms with E-state index in [1.54, 1.807) is 6.92 Å². The molecule has 0 bridgehead atoms. The summed E-state index contributed by atoms with van der Waals surface area (Å²) in [5.41, 5.74) is 11.0. The fourth-order valence-corrected chi connectivity index (χ4v) is 4.50. The summed E-state index contributed by atoms with van der Waals surface area (Å²) in [7, 11) is 0. The van der Waals surface area contributed by atoms with Crippen LogP contribution in [0, 0.1) is 6.92 Å². The van der Waals surface area contributed by atoms with Crippen LogP contribution in [0.5, 0.6) is 0 Å². The number of nitrogens with zero attached hydrogens (tertiary/aromatic N) is 2. The largest absolute Gasteiger partial charge is 0.512 e. The first-order valence-corrected chi connectivity index (χ1v) is 13.4. The van der Waals surface area contributed by atoms with Gasteiger partial charge in [0, 0.05) is 35.6 Å². The molecule has 1 N–H and O–H groups in total. The molecule has 3 rings (SSSR count). The number of allylic oxidation sites excluding steroid dienone is 10. The van der Waals surface area contributed by atoms with Crippen molar-refractivity contribution >= 4 is 16.6 Å². The van der Waals surface area contributed by atoms with Crippen molar-refractivity contribution in [2.24, 2.45) is 0 Å². The summed E-state index contributed by atoms with van der Waals surface area (Å²) in [6.07, 6.45) is 18.0. The molecular weight excluding hydrogens is 452 g/mol. The average Bonchev–Trinajstić information content (AvgIpc) is 3.23. The molecule has 0 amide bonds. The Bertz CT molecular complexity index is 1370. The zero-order valence-corrected chi connectivity index (χ0v) is 23.6. The van der Waals surface area contributed by atoms with Gasteiger partial charge in [0.25, 0.3) is 0 Å². The highest BCUT2D eigenvalue weighted by Crippen LogP contribution is 2.34. The van der Waals surface area contributed by atoms with Crippen molar-refractivity contribution in [2.75, 3.05) is 0 Å². The van der Waals surface area contributed by atoms with Crippen molar-refractivity contribution in [3.8, 4) is 11.1 Å². The van der Waals surface area contributed by atoms with Gasteiger partial charge in [0.05, 0.1) is 16.8 Å². The van der Waals surface area contributed by atoms with Crippen molar-refractivity contribution in [3.05, 3.63) is 107 Å². The summed E-state index contributed by atoms with van der Waals surface area (Å²) < 4.78 is 2.28. The molecule has 194 valence electrons. The van der Waals surface area contributed by atoms with Gasteiger partial charge in [-0.15, -0.1) is 0 Å². The van der Waals surface area contributed by atoms with Gasteiger partial charge in [0.15, 0.2) is 0 Å². The first-order chi connectivity index (χ1) is 17.8. The molecule has 1 aromatic carbocycles. The van der Waals surface area contributed by atoms with Gasteiger partial charge >= 0.3 is 0 Å². The van der Waals surface area contributed by atoms with Crippen molar-refractivity contribution in [2.45, 2.75) is 74.3 Å². The van der Waals surface area contributed by atoms with Gasteiger partial charge in [-0.25, -0.2) is 0 Å². The Labute approximate surface area is 223 Å². The highest BCUT2D eigenvalue weighted by atomic mass is 16.3. The molecule has 0 atom stereocenters. The topological polar surface area (TPSA) is 38.0 Å². The van der Waals surface area contributed by atoms with Crippen LogP contribution in [0.3, 0.4) is 0 Å². The highest BCUT2D eigenvalue weighted by Gasteiger charge is 2.17. The van der Waals surface area contributed by atoms with Crippen molar-refractivity contribution in [3.63, 3.8) is 0 Å². The number of unbranched alkanes of at least 4 members (excludes halogenated alkanes) is 1. The minimum Gasteiger partial charge on any atom is -0.512 e. The molecule has 0 saturated heterocycles. The quantitative estimate of drug-likeness (QED) is 0.225. The third-order valence-corrected chi connectivity index (χ3v) is 6.89. The predicted molar refractivity (Wildman–Crippen MR) is 161 cm³/mol. The maximum absolute atomic E-state index is 10.6. The van der Waals surface area contributed by atoms with E-state index in [-0.39, 0.29) is 0 Å². The lowest BCUT2D eigenvalue weighted by Crippen LogP contribution is -1.99.